The molecule has 0 radical (unpaired) electrons. The number of amides is 1. The first-order chi connectivity index (χ1) is 12.3. The molecule has 1 aliphatic rings. The number of hydrogen-bond acceptors (Lipinski definition) is 4. The van der Waals surface area contributed by atoms with Gasteiger partial charge in [0.15, 0.2) is 5.69 Å². The molecule has 0 unspecified atom stereocenters. The topological polar surface area (TPSA) is 84.8 Å². The maximum Gasteiger partial charge on any atom is 0.272 e. The van der Waals surface area contributed by atoms with Crippen LogP contribution in [0.15, 0.2) is 24.3 Å². The molecule has 25 heavy (non-hydrogen) atoms. The number of H-pyrrole nitrogens is 1. The number of para-hydroxylation sites is 2. The van der Waals surface area contributed by atoms with Crippen LogP contribution in [0.1, 0.15) is 34.0 Å². The van der Waals surface area contributed by atoms with Crippen LogP contribution in [-0.2, 0) is 30.7 Å². The van der Waals surface area contributed by atoms with Gasteiger partial charge in [0.2, 0.25) is 0 Å². The summed E-state index contributed by atoms with van der Waals surface area (Å²) in [6, 6.07) is 7.96. The minimum absolute atomic E-state index is 0.148. The third-order valence-corrected chi connectivity index (χ3v) is 4.68. The van der Waals surface area contributed by atoms with Crippen molar-refractivity contribution in [2.24, 2.45) is 0 Å². The largest absolute Gasteiger partial charge is 0.383 e. The monoisotopic (exact) mass is 339 g/mol. The Morgan fingerprint density at radius 2 is 2.24 bits per heavy atom. The number of carbonyl (C=O) groups excluding carboxylic acids is 1. The second kappa shape index (κ2) is 6.68. The molecule has 0 atom stereocenters. The molecular formula is C18H21N5O2. The number of aryl methyl sites for hydroxylation is 1. The molecule has 0 saturated heterocycles. The van der Waals surface area contributed by atoms with E-state index in [0.717, 1.165) is 47.4 Å². The van der Waals surface area contributed by atoms with Gasteiger partial charge in [-0.3, -0.25) is 9.89 Å². The molecule has 4 rings (SSSR count). The molecule has 7 nitrogen and oxygen atoms in total. The summed E-state index contributed by atoms with van der Waals surface area (Å²) in [5.41, 5.74) is 4.64. The third-order valence-electron chi connectivity index (χ3n) is 4.68. The van der Waals surface area contributed by atoms with Crippen LogP contribution in [0.5, 0.6) is 0 Å². The zero-order valence-corrected chi connectivity index (χ0v) is 14.2. The van der Waals surface area contributed by atoms with E-state index in [1.807, 2.05) is 24.3 Å². The molecule has 3 aromatic rings. The quantitative estimate of drug-likeness (QED) is 0.717. The Labute approximate surface area is 145 Å². The summed E-state index contributed by atoms with van der Waals surface area (Å²) in [4.78, 5) is 17.2. The number of benzene rings is 1. The number of nitrogens with zero attached hydrogens (tertiary/aromatic N) is 3. The smallest absolute Gasteiger partial charge is 0.272 e. The average Bonchev–Trinajstić information content (AvgIpc) is 3.31. The predicted molar refractivity (Wildman–Crippen MR) is 93.4 cm³/mol. The lowest BCUT2D eigenvalue weighted by molar-refractivity contribution is 0.0943. The molecule has 7 heteroatoms. The molecule has 2 heterocycles. The molecule has 0 bridgehead atoms. The average molecular weight is 339 g/mol. The number of methoxy groups -OCH3 is 1. The second-order valence-corrected chi connectivity index (χ2v) is 6.23. The van der Waals surface area contributed by atoms with E-state index in [-0.39, 0.29) is 5.91 Å². The van der Waals surface area contributed by atoms with Crippen LogP contribution >= 0.6 is 0 Å². The van der Waals surface area contributed by atoms with E-state index in [9.17, 15) is 4.79 Å². The molecule has 2 N–H and O–H groups in total. The van der Waals surface area contributed by atoms with Gasteiger partial charge in [-0.05, 0) is 31.4 Å². The van der Waals surface area contributed by atoms with Crippen molar-refractivity contribution >= 4 is 16.9 Å². The highest BCUT2D eigenvalue weighted by molar-refractivity contribution is 5.94. The van der Waals surface area contributed by atoms with Crippen molar-refractivity contribution in [1.29, 1.82) is 0 Å². The molecule has 2 aromatic heterocycles. The molecule has 0 aliphatic heterocycles. The van der Waals surface area contributed by atoms with Crippen molar-refractivity contribution in [2.75, 3.05) is 13.7 Å². The Morgan fingerprint density at radius 3 is 3.12 bits per heavy atom. The first kappa shape index (κ1) is 15.8. The van der Waals surface area contributed by atoms with Gasteiger partial charge in [0, 0.05) is 24.9 Å². The highest BCUT2D eigenvalue weighted by Crippen LogP contribution is 2.22. The van der Waals surface area contributed by atoms with E-state index in [0.29, 0.717) is 25.4 Å². The molecule has 1 amide bonds. The fraction of sp³-hybridized carbons (Fsp3) is 0.389. The van der Waals surface area contributed by atoms with Gasteiger partial charge in [-0.1, -0.05) is 12.1 Å². The summed E-state index contributed by atoms with van der Waals surface area (Å²) in [6.45, 7) is 1.65. The van der Waals surface area contributed by atoms with Gasteiger partial charge in [-0.2, -0.15) is 5.10 Å². The van der Waals surface area contributed by atoms with E-state index in [1.165, 1.54) is 0 Å². The number of imidazole rings is 1. The van der Waals surface area contributed by atoms with Crippen LogP contribution in [-0.4, -0.2) is 39.4 Å². The number of nitrogens with one attached hydrogen (secondary N) is 2. The van der Waals surface area contributed by atoms with Crippen molar-refractivity contribution in [3.05, 3.63) is 47.0 Å². The Balaban J connectivity index is 1.54. The number of hydrogen-bond donors (Lipinski definition) is 2. The Morgan fingerprint density at radius 1 is 1.36 bits per heavy atom. The number of aromatic nitrogens is 4. The fourth-order valence-corrected chi connectivity index (χ4v) is 3.44. The zero-order chi connectivity index (χ0) is 17.2. The Kier molecular flexibility index (Phi) is 4.23. The number of fused-ring (bicyclic) bond motifs is 2. The summed E-state index contributed by atoms with van der Waals surface area (Å²) < 4.78 is 7.30. The van der Waals surface area contributed by atoms with Crippen molar-refractivity contribution in [1.82, 2.24) is 25.1 Å². The number of carbonyl (C=O) groups is 1. The van der Waals surface area contributed by atoms with E-state index in [1.54, 1.807) is 7.11 Å². The van der Waals surface area contributed by atoms with E-state index in [2.05, 4.69) is 25.1 Å². The summed E-state index contributed by atoms with van der Waals surface area (Å²) in [5, 5.41) is 10.1. The minimum atomic E-state index is -0.148. The molecule has 0 spiro atoms. The van der Waals surface area contributed by atoms with Crippen LogP contribution < -0.4 is 5.32 Å². The summed E-state index contributed by atoms with van der Waals surface area (Å²) in [5.74, 6) is 0.670. The highest BCUT2D eigenvalue weighted by atomic mass is 16.5. The van der Waals surface area contributed by atoms with Crippen LogP contribution in [0.25, 0.3) is 11.0 Å². The second-order valence-electron chi connectivity index (χ2n) is 6.23. The van der Waals surface area contributed by atoms with Gasteiger partial charge in [-0.25, -0.2) is 4.98 Å². The van der Waals surface area contributed by atoms with E-state index < -0.39 is 0 Å². The number of rotatable bonds is 6. The summed E-state index contributed by atoms with van der Waals surface area (Å²) >= 11 is 0. The molecule has 0 saturated carbocycles. The molecule has 130 valence electrons. The first-order valence-electron chi connectivity index (χ1n) is 8.55. The molecular weight excluding hydrogens is 318 g/mol. The van der Waals surface area contributed by atoms with Gasteiger partial charge in [0.05, 0.1) is 24.2 Å². The van der Waals surface area contributed by atoms with Gasteiger partial charge in [0.1, 0.15) is 5.82 Å². The van der Waals surface area contributed by atoms with Crippen molar-refractivity contribution in [2.45, 2.75) is 32.4 Å². The van der Waals surface area contributed by atoms with Crippen molar-refractivity contribution in [3.8, 4) is 0 Å². The Bertz CT molecular complexity index is 911. The molecule has 1 aromatic carbocycles. The maximum absolute atomic E-state index is 12.5. The van der Waals surface area contributed by atoms with Crippen LogP contribution in [0.4, 0.5) is 0 Å². The Hall–Kier alpha value is -2.67. The van der Waals surface area contributed by atoms with E-state index >= 15 is 0 Å². The third kappa shape index (κ3) is 2.91. The van der Waals surface area contributed by atoms with Crippen molar-refractivity contribution in [3.63, 3.8) is 0 Å². The zero-order valence-electron chi connectivity index (χ0n) is 14.2. The lowest BCUT2D eigenvalue weighted by atomic mass is 10.2. The highest BCUT2D eigenvalue weighted by Gasteiger charge is 2.23. The van der Waals surface area contributed by atoms with Gasteiger partial charge >= 0.3 is 0 Å². The lowest BCUT2D eigenvalue weighted by Crippen LogP contribution is -2.26. The van der Waals surface area contributed by atoms with Crippen LogP contribution in [0.3, 0.4) is 0 Å². The minimum Gasteiger partial charge on any atom is -0.383 e. The first-order valence-corrected chi connectivity index (χ1v) is 8.55. The fourth-order valence-electron chi connectivity index (χ4n) is 3.44. The normalized spacial score (nSPS) is 13.3. The maximum atomic E-state index is 12.5. The van der Waals surface area contributed by atoms with Crippen molar-refractivity contribution < 1.29 is 9.53 Å². The molecule has 0 fully saturated rings. The standard InChI is InChI=1S/C18H21N5O2/c1-25-10-9-23-15-8-3-2-6-14(15)20-16(23)11-19-18(24)17-12-5-4-7-13(12)21-22-17/h2-3,6,8H,4-5,7,9-11H2,1H3,(H,19,24)(H,21,22). The SMILES string of the molecule is COCCn1c(CNC(=O)c2n[nH]c3c2CCC3)nc2ccccc21. The summed E-state index contributed by atoms with van der Waals surface area (Å²) in [6.07, 6.45) is 2.97. The molecule has 1 aliphatic carbocycles. The van der Waals surface area contributed by atoms with Gasteiger partial charge < -0.3 is 14.6 Å². The lowest BCUT2D eigenvalue weighted by Gasteiger charge is -2.09. The van der Waals surface area contributed by atoms with Gasteiger partial charge in [0.25, 0.3) is 5.91 Å². The number of ether oxygens (including phenoxy) is 1. The predicted octanol–water partition coefficient (Wildman–Crippen LogP) is 1.82. The van der Waals surface area contributed by atoms with E-state index in [4.69, 9.17) is 4.74 Å². The van der Waals surface area contributed by atoms with Crippen LogP contribution in [0, 0.1) is 0 Å². The number of aromatic amines is 1. The van der Waals surface area contributed by atoms with Gasteiger partial charge in [-0.15, -0.1) is 0 Å². The summed E-state index contributed by atoms with van der Waals surface area (Å²) in [7, 11) is 1.68. The van der Waals surface area contributed by atoms with Crippen LogP contribution in [0.2, 0.25) is 0 Å².